The van der Waals surface area contributed by atoms with E-state index in [1.165, 1.54) is 4.90 Å². The van der Waals surface area contributed by atoms with Crippen LogP contribution in [0.15, 0.2) is 50.2 Å². The average Bonchev–Trinajstić information content (AvgIpc) is 2.84. The van der Waals surface area contributed by atoms with Crippen LogP contribution in [0, 0.1) is 6.92 Å². The number of carbonyl (C=O) groups excluding carboxylic acids is 2. The fourth-order valence-electron chi connectivity index (χ4n) is 2.60. The quantitative estimate of drug-likeness (QED) is 0.504. The molecule has 0 spiro atoms. The Balaban J connectivity index is 1.87. The van der Waals surface area contributed by atoms with E-state index in [0.717, 1.165) is 37.4 Å². The van der Waals surface area contributed by atoms with Gasteiger partial charge in [-0.15, -0.1) is 0 Å². The first-order valence-corrected chi connectivity index (χ1v) is 10.1. The molecule has 3 rings (SSSR count). The number of carbonyl (C=O) groups is 2. The van der Waals surface area contributed by atoms with Gasteiger partial charge in [-0.1, -0.05) is 24.3 Å². The van der Waals surface area contributed by atoms with E-state index in [0.29, 0.717) is 10.7 Å². The van der Waals surface area contributed by atoms with Crippen LogP contribution in [0.2, 0.25) is 0 Å². The Labute approximate surface area is 172 Å². The van der Waals surface area contributed by atoms with Crippen molar-refractivity contribution in [2.75, 3.05) is 7.11 Å². The third kappa shape index (κ3) is 3.89. The number of hydrogen-bond donors (Lipinski definition) is 0. The number of imide groups is 1. The third-order valence-electron chi connectivity index (χ3n) is 3.99. The molecule has 1 saturated heterocycles. The maximum Gasteiger partial charge on any atom is 0.293 e. The Hall–Kier alpha value is -1.57. The topological polar surface area (TPSA) is 46.6 Å². The molecule has 0 radical (unpaired) electrons. The largest absolute Gasteiger partial charge is 0.494 e. The molecule has 1 heterocycles. The Morgan fingerprint density at radius 3 is 2.42 bits per heavy atom. The second-order valence-electron chi connectivity index (χ2n) is 5.71. The molecule has 2 amide bonds. The molecule has 0 unspecified atom stereocenters. The summed E-state index contributed by atoms with van der Waals surface area (Å²) in [5.74, 6) is 0.404. The summed E-state index contributed by atoms with van der Waals surface area (Å²) in [6, 6.07) is 11.4. The van der Waals surface area contributed by atoms with Crippen LogP contribution in [-0.4, -0.2) is 23.2 Å². The molecule has 134 valence electrons. The molecular weight excluding hydrogens is 482 g/mol. The number of hydrogen-bond acceptors (Lipinski definition) is 4. The Kier molecular flexibility index (Phi) is 5.89. The number of rotatable bonds is 4. The predicted octanol–water partition coefficient (Wildman–Crippen LogP) is 5.77. The molecule has 0 saturated carbocycles. The Morgan fingerprint density at radius 1 is 1.15 bits per heavy atom. The van der Waals surface area contributed by atoms with Crippen molar-refractivity contribution >= 4 is 60.8 Å². The van der Waals surface area contributed by atoms with Crippen LogP contribution < -0.4 is 4.74 Å². The lowest BCUT2D eigenvalue weighted by molar-refractivity contribution is -0.123. The first-order chi connectivity index (χ1) is 12.4. The zero-order chi connectivity index (χ0) is 18.8. The van der Waals surface area contributed by atoms with Crippen molar-refractivity contribution in [3.63, 3.8) is 0 Å². The van der Waals surface area contributed by atoms with Crippen molar-refractivity contribution in [2.45, 2.75) is 13.5 Å². The summed E-state index contributed by atoms with van der Waals surface area (Å²) in [5, 5.41) is -0.254. The standard InChI is InChI=1S/C19H15Br2NO3S/c1-11-5-3-4-6-13(11)10-22-18(23)16(26-19(22)24)9-12-7-14(20)17(25-2)15(21)8-12/h3-9H,10H2,1-2H3/b16-9-. The summed E-state index contributed by atoms with van der Waals surface area (Å²) >= 11 is 7.85. The minimum Gasteiger partial charge on any atom is -0.494 e. The zero-order valence-corrected chi connectivity index (χ0v) is 18.1. The van der Waals surface area contributed by atoms with E-state index in [1.807, 2.05) is 43.3 Å². The van der Waals surface area contributed by atoms with Crippen molar-refractivity contribution in [1.82, 2.24) is 4.90 Å². The van der Waals surface area contributed by atoms with Crippen molar-refractivity contribution in [1.29, 1.82) is 0 Å². The van der Waals surface area contributed by atoms with E-state index in [-0.39, 0.29) is 17.7 Å². The van der Waals surface area contributed by atoms with E-state index in [1.54, 1.807) is 13.2 Å². The molecule has 0 aromatic heterocycles. The maximum atomic E-state index is 12.7. The van der Waals surface area contributed by atoms with Gasteiger partial charge in [0, 0.05) is 0 Å². The Morgan fingerprint density at radius 2 is 1.81 bits per heavy atom. The number of amides is 2. The van der Waals surface area contributed by atoms with Gasteiger partial charge in [-0.25, -0.2) is 0 Å². The highest BCUT2D eigenvalue weighted by Gasteiger charge is 2.35. The van der Waals surface area contributed by atoms with Gasteiger partial charge >= 0.3 is 0 Å². The molecule has 4 nitrogen and oxygen atoms in total. The van der Waals surface area contributed by atoms with Crippen molar-refractivity contribution < 1.29 is 14.3 Å². The maximum absolute atomic E-state index is 12.7. The molecule has 1 aliphatic rings. The van der Waals surface area contributed by atoms with Gasteiger partial charge < -0.3 is 4.74 Å². The number of ether oxygens (including phenoxy) is 1. The van der Waals surface area contributed by atoms with Crippen molar-refractivity contribution in [3.8, 4) is 5.75 Å². The van der Waals surface area contributed by atoms with Crippen LogP contribution in [0.25, 0.3) is 6.08 Å². The lowest BCUT2D eigenvalue weighted by Crippen LogP contribution is -2.27. The van der Waals surface area contributed by atoms with Gasteiger partial charge in [-0.3, -0.25) is 14.5 Å². The number of methoxy groups -OCH3 is 1. The molecule has 1 fully saturated rings. The number of thioether (sulfide) groups is 1. The van der Waals surface area contributed by atoms with E-state index in [2.05, 4.69) is 31.9 Å². The van der Waals surface area contributed by atoms with E-state index < -0.39 is 0 Å². The summed E-state index contributed by atoms with van der Waals surface area (Å²) in [6.45, 7) is 2.25. The second-order valence-corrected chi connectivity index (χ2v) is 8.41. The zero-order valence-electron chi connectivity index (χ0n) is 14.1. The van der Waals surface area contributed by atoms with Gasteiger partial charge in [0.05, 0.1) is 27.5 Å². The molecule has 0 N–H and O–H groups in total. The van der Waals surface area contributed by atoms with Crippen LogP contribution in [0.4, 0.5) is 4.79 Å². The van der Waals surface area contributed by atoms with Crippen LogP contribution in [-0.2, 0) is 11.3 Å². The minimum atomic E-state index is -0.272. The van der Waals surface area contributed by atoms with Crippen LogP contribution in [0.3, 0.4) is 0 Å². The predicted molar refractivity (Wildman–Crippen MR) is 111 cm³/mol. The van der Waals surface area contributed by atoms with Gasteiger partial charge in [0.15, 0.2) is 0 Å². The molecule has 0 bridgehead atoms. The average molecular weight is 497 g/mol. The molecule has 7 heteroatoms. The first kappa shape index (κ1) is 19.2. The van der Waals surface area contributed by atoms with Crippen molar-refractivity contribution in [3.05, 3.63) is 66.9 Å². The van der Waals surface area contributed by atoms with Gasteiger partial charge in [0.2, 0.25) is 0 Å². The SMILES string of the molecule is COc1c(Br)cc(/C=C2\SC(=O)N(Cc3ccccc3C)C2=O)cc1Br. The molecular formula is C19H15Br2NO3S. The van der Waals surface area contributed by atoms with Crippen LogP contribution in [0.1, 0.15) is 16.7 Å². The minimum absolute atomic E-state index is 0.254. The van der Waals surface area contributed by atoms with Gasteiger partial charge in [-0.05, 0) is 85.4 Å². The van der Waals surface area contributed by atoms with Crippen molar-refractivity contribution in [2.24, 2.45) is 0 Å². The molecule has 2 aromatic rings. The number of benzene rings is 2. The van der Waals surface area contributed by atoms with Gasteiger partial charge in [0.25, 0.3) is 11.1 Å². The number of halogens is 2. The fraction of sp³-hybridized carbons (Fsp3) is 0.158. The highest BCUT2D eigenvalue weighted by molar-refractivity contribution is 9.11. The lowest BCUT2D eigenvalue weighted by atomic mass is 10.1. The summed E-state index contributed by atoms with van der Waals surface area (Å²) in [4.78, 5) is 26.7. The monoisotopic (exact) mass is 495 g/mol. The number of aryl methyl sites for hydroxylation is 1. The molecule has 0 atom stereocenters. The lowest BCUT2D eigenvalue weighted by Gasteiger charge is -2.14. The molecule has 26 heavy (non-hydrogen) atoms. The summed E-state index contributed by atoms with van der Waals surface area (Å²) in [7, 11) is 1.58. The summed E-state index contributed by atoms with van der Waals surface area (Å²) in [6.07, 6.45) is 1.72. The normalized spacial score (nSPS) is 15.8. The molecule has 2 aromatic carbocycles. The highest BCUT2D eigenvalue weighted by Crippen LogP contribution is 2.37. The summed E-state index contributed by atoms with van der Waals surface area (Å²) < 4.78 is 6.81. The van der Waals surface area contributed by atoms with Crippen LogP contribution >= 0.6 is 43.6 Å². The van der Waals surface area contributed by atoms with E-state index in [4.69, 9.17) is 4.74 Å². The second kappa shape index (κ2) is 7.98. The molecule has 0 aliphatic carbocycles. The van der Waals surface area contributed by atoms with Gasteiger partial charge in [0.1, 0.15) is 5.75 Å². The fourth-order valence-corrected chi connectivity index (χ4v) is 4.99. The Bertz CT molecular complexity index is 904. The number of nitrogens with zero attached hydrogens (tertiary/aromatic N) is 1. The highest BCUT2D eigenvalue weighted by atomic mass is 79.9. The summed E-state index contributed by atoms with van der Waals surface area (Å²) in [5.41, 5.74) is 2.82. The first-order valence-electron chi connectivity index (χ1n) is 7.73. The van der Waals surface area contributed by atoms with Crippen LogP contribution in [0.5, 0.6) is 5.75 Å². The molecule has 1 aliphatic heterocycles. The van der Waals surface area contributed by atoms with E-state index in [9.17, 15) is 9.59 Å². The van der Waals surface area contributed by atoms with Gasteiger partial charge in [-0.2, -0.15) is 0 Å². The smallest absolute Gasteiger partial charge is 0.293 e. The third-order valence-corrected chi connectivity index (χ3v) is 6.07. The van der Waals surface area contributed by atoms with E-state index >= 15 is 0 Å².